The fraction of sp³-hybridized carbons (Fsp3) is 1.00. The second-order valence-electron chi connectivity index (χ2n) is 0.500. The molecule has 0 aromatic rings. The molecule has 0 aliphatic carbocycles. The summed E-state index contributed by atoms with van der Waals surface area (Å²) in [4.78, 5) is 0. The molecule has 0 radical (unpaired) electrons. The number of hydrogen-bond acceptors (Lipinski definition) is 1. The van der Waals surface area contributed by atoms with Crippen LogP contribution in [-0.2, 0) is 0 Å². The average molecular weight is 125 g/mol. The quantitative estimate of drug-likeness (QED) is 0.360. The first-order chi connectivity index (χ1) is 1.41. The van der Waals surface area contributed by atoms with Crippen molar-refractivity contribution in [1.82, 2.24) is 5.32 Å². The summed E-state index contributed by atoms with van der Waals surface area (Å²) in [5, 5.41) is 2.75. The number of nitrogens with one attached hydrogen (secondary N) is 1. The molecule has 0 saturated heterocycles. The van der Waals surface area contributed by atoms with Crippen molar-refractivity contribution in [3.8, 4) is 0 Å². The molecule has 0 aliphatic rings. The Hall–Kier alpha value is 0.440. The van der Waals surface area contributed by atoms with Crippen molar-refractivity contribution in [2.45, 2.75) is 0 Å². The lowest BCUT2D eigenvalue weighted by molar-refractivity contribution is -0.000000778. The third-order valence-corrected chi connectivity index (χ3v) is 0. The van der Waals surface area contributed by atoms with Crippen molar-refractivity contribution in [2.75, 3.05) is 14.1 Å². The lowest BCUT2D eigenvalue weighted by atomic mass is 11.3. The summed E-state index contributed by atoms with van der Waals surface area (Å²) >= 11 is 0. The zero-order valence-corrected chi connectivity index (χ0v) is 4.46. The highest BCUT2D eigenvalue weighted by Crippen LogP contribution is 0.981. The fourth-order valence-corrected chi connectivity index (χ4v) is 0. The molecular formula is C2H7BrN-. The highest BCUT2D eigenvalue weighted by atomic mass is 79.9. The Morgan fingerprint density at radius 3 is 1.25 bits per heavy atom. The molecule has 0 atom stereocenters. The minimum Gasteiger partial charge on any atom is -1.00 e. The van der Waals surface area contributed by atoms with Gasteiger partial charge < -0.3 is 22.3 Å². The summed E-state index contributed by atoms with van der Waals surface area (Å²) in [5.74, 6) is 0. The molecule has 1 N–H and O–H groups in total. The van der Waals surface area contributed by atoms with Crippen molar-refractivity contribution < 1.29 is 17.0 Å². The van der Waals surface area contributed by atoms with Gasteiger partial charge >= 0.3 is 0 Å². The van der Waals surface area contributed by atoms with Gasteiger partial charge in [0.1, 0.15) is 0 Å². The van der Waals surface area contributed by atoms with Gasteiger partial charge in [0, 0.05) is 0 Å². The summed E-state index contributed by atoms with van der Waals surface area (Å²) in [7, 11) is 3.75. The molecular weight excluding hydrogens is 118 g/mol. The van der Waals surface area contributed by atoms with Crippen LogP contribution in [0.15, 0.2) is 0 Å². The van der Waals surface area contributed by atoms with Crippen LogP contribution in [0.3, 0.4) is 0 Å². The summed E-state index contributed by atoms with van der Waals surface area (Å²) in [6.07, 6.45) is 0. The van der Waals surface area contributed by atoms with Gasteiger partial charge in [-0.25, -0.2) is 0 Å². The van der Waals surface area contributed by atoms with Crippen molar-refractivity contribution in [1.29, 1.82) is 0 Å². The molecule has 2 heteroatoms. The monoisotopic (exact) mass is 124 g/mol. The van der Waals surface area contributed by atoms with E-state index in [1.807, 2.05) is 14.1 Å². The van der Waals surface area contributed by atoms with Crippen LogP contribution in [0.5, 0.6) is 0 Å². The Morgan fingerprint density at radius 2 is 1.25 bits per heavy atom. The van der Waals surface area contributed by atoms with E-state index in [2.05, 4.69) is 5.32 Å². The van der Waals surface area contributed by atoms with Crippen LogP contribution < -0.4 is 22.3 Å². The van der Waals surface area contributed by atoms with E-state index in [4.69, 9.17) is 0 Å². The van der Waals surface area contributed by atoms with E-state index in [9.17, 15) is 0 Å². The second-order valence-corrected chi connectivity index (χ2v) is 0.500. The largest absolute Gasteiger partial charge is 1.00 e. The van der Waals surface area contributed by atoms with Crippen molar-refractivity contribution in [3.05, 3.63) is 0 Å². The minimum absolute atomic E-state index is 0. The predicted octanol–water partition coefficient (Wildman–Crippen LogP) is -3.16. The molecule has 0 heterocycles. The Balaban J connectivity index is 0. The summed E-state index contributed by atoms with van der Waals surface area (Å²) in [5.41, 5.74) is 0. The van der Waals surface area contributed by atoms with E-state index in [0.717, 1.165) is 0 Å². The highest BCUT2D eigenvalue weighted by molar-refractivity contribution is 3.91. The molecule has 0 saturated carbocycles. The maximum atomic E-state index is 2.75. The van der Waals surface area contributed by atoms with E-state index in [-0.39, 0.29) is 17.0 Å². The van der Waals surface area contributed by atoms with Crippen LogP contribution in [-0.4, -0.2) is 14.1 Å². The zero-order chi connectivity index (χ0) is 2.71. The Bertz CT molecular complexity index is 6.00. The molecule has 0 aliphatic heterocycles. The SMILES string of the molecule is CNC.[Br-]. The molecule has 0 bridgehead atoms. The van der Waals surface area contributed by atoms with Gasteiger partial charge in [-0.3, -0.25) is 0 Å². The van der Waals surface area contributed by atoms with Crippen molar-refractivity contribution >= 4 is 0 Å². The highest BCUT2D eigenvalue weighted by Gasteiger charge is 1.25. The number of hydrogen-bond donors (Lipinski definition) is 1. The van der Waals surface area contributed by atoms with Crippen LogP contribution in [0.4, 0.5) is 0 Å². The summed E-state index contributed by atoms with van der Waals surface area (Å²) < 4.78 is 0. The normalized spacial score (nSPS) is 4.50. The average Bonchev–Trinajstić information content (AvgIpc) is 0.918. The van der Waals surface area contributed by atoms with Crippen molar-refractivity contribution in [3.63, 3.8) is 0 Å². The molecule has 0 rings (SSSR count). The van der Waals surface area contributed by atoms with Crippen LogP contribution in [0.25, 0.3) is 0 Å². The molecule has 0 fully saturated rings. The van der Waals surface area contributed by atoms with Crippen LogP contribution >= 0.6 is 0 Å². The first-order valence-electron chi connectivity index (χ1n) is 1.00. The molecule has 0 aromatic heterocycles. The third kappa shape index (κ3) is 26.1. The van der Waals surface area contributed by atoms with E-state index in [0.29, 0.717) is 0 Å². The lowest BCUT2D eigenvalue weighted by Gasteiger charge is -1.59. The predicted molar refractivity (Wildman–Crippen MR) is 15.0 cm³/mol. The number of rotatable bonds is 0. The maximum absolute atomic E-state index is 2.75. The molecule has 0 amide bonds. The Labute approximate surface area is 37.2 Å². The van der Waals surface area contributed by atoms with Gasteiger partial charge in [0.2, 0.25) is 0 Å². The molecule has 0 spiro atoms. The van der Waals surface area contributed by atoms with Gasteiger partial charge in [0.05, 0.1) is 0 Å². The molecule has 4 heavy (non-hydrogen) atoms. The van der Waals surface area contributed by atoms with Gasteiger partial charge in [0.25, 0.3) is 0 Å². The van der Waals surface area contributed by atoms with Gasteiger partial charge in [-0.1, -0.05) is 0 Å². The fourth-order valence-electron chi connectivity index (χ4n) is 0. The van der Waals surface area contributed by atoms with Gasteiger partial charge in [-0.2, -0.15) is 0 Å². The van der Waals surface area contributed by atoms with Crippen LogP contribution in [0.1, 0.15) is 0 Å². The van der Waals surface area contributed by atoms with E-state index in [1.54, 1.807) is 0 Å². The summed E-state index contributed by atoms with van der Waals surface area (Å²) in [6.45, 7) is 0. The third-order valence-electron chi connectivity index (χ3n) is 0. The smallest absolute Gasteiger partial charge is 0.0167 e. The van der Waals surface area contributed by atoms with E-state index < -0.39 is 0 Å². The topological polar surface area (TPSA) is 12.0 Å². The van der Waals surface area contributed by atoms with Gasteiger partial charge in [-0.05, 0) is 14.1 Å². The number of halogens is 1. The van der Waals surface area contributed by atoms with E-state index in [1.165, 1.54) is 0 Å². The second kappa shape index (κ2) is 9.88. The summed E-state index contributed by atoms with van der Waals surface area (Å²) in [6, 6.07) is 0. The zero-order valence-electron chi connectivity index (χ0n) is 2.88. The van der Waals surface area contributed by atoms with E-state index >= 15 is 0 Å². The maximum Gasteiger partial charge on any atom is -0.0167 e. The Kier molecular flexibility index (Phi) is 21.8. The minimum atomic E-state index is 0. The molecule has 0 unspecified atom stereocenters. The van der Waals surface area contributed by atoms with Crippen LogP contribution in [0, 0.1) is 0 Å². The molecule has 0 aromatic carbocycles. The first kappa shape index (κ1) is 8.83. The Morgan fingerprint density at radius 1 is 1.25 bits per heavy atom. The van der Waals surface area contributed by atoms with Crippen LogP contribution in [0.2, 0.25) is 0 Å². The molecule has 28 valence electrons. The van der Waals surface area contributed by atoms with Crippen molar-refractivity contribution in [2.24, 2.45) is 0 Å². The lowest BCUT2D eigenvalue weighted by Crippen LogP contribution is -3.00. The molecule has 1 nitrogen and oxygen atoms in total. The standard InChI is InChI=1S/C2H7N.BrH/c1-3-2;/h3H,1-2H3;1H/p-1. The first-order valence-corrected chi connectivity index (χ1v) is 1.00. The van der Waals surface area contributed by atoms with Gasteiger partial charge in [0.15, 0.2) is 0 Å². The van der Waals surface area contributed by atoms with Gasteiger partial charge in [-0.15, -0.1) is 0 Å².